The van der Waals surface area contributed by atoms with Crippen LogP contribution in [0.15, 0.2) is 25.3 Å². The van der Waals surface area contributed by atoms with Crippen LogP contribution >= 0.6 is 11.3 Å². The normalized spacial score (nSPS) is 11.5. The Bertz CT molecular complexity index is 499. The van der Waals surface area contributed by atoms with E-state index < -0.39 is 0 Å². The van der Waals surface area contributed by atoms with Crippen molar-refractivity contribution in [2.24, 2.45) is 0 Å². The molecule has 0 radical (unpaired) electrons. The smallest absolute Gasteiger partial charge is 0.0351 e. The Hall–Kier alpha value is -1.34. The maximum absolute atomic E-state index is 3.87. The number of thiophene rings is 1. The zero-order chi connectivity index (χ0) is 15.3. The molecule has 0 aliphatic heterocycles. The molecule has 0 fully saturated rings. The largest absolute Gasteiger partial charge is 0.136 e. The summed E-state index contributed by atoms with van der Waals surface area (Å²) in [7, 11) is 0. The Morgan fingerprint density at radius 2 is 1.58 bits per heavy atom. The quantitative estimate of drug-likeness (QED) is 0.708. The van der Waals surface area contributed by atoms with Gasteiger partial charge in [0.1, 0.15) is 0 Å². The summed E-state index contributed by atoms with van der Waals surface area (Å²) < 4.78 is 1.28. The van der Waals surface area contributed by atoms with Crippen molar-refractivity contribution in [3.05, 3.63) is 45.5 Å². The van der Waals surface area contributed by atoms with Crippen LogP contribution in [0.5, 0.6) is 0 Å². The predicted molar refractivity (Wildman–Crippen MR) is 95.9 cm³/mol. The number of rotatable bonds is 3. The Morgan fingerprint density at radius 1 is 1.00 bits per heavy atom. The SMILES string of the molecule is C=C/C=c1/c(C=C)c(/C=C\C)s/c1=C/C.CC.CC. The second kappa shape index (κ2) is 13.1. The molecule has 1 aromatic heterocycles. The van der Waals surface area contributed by atoms with Crippen molar-refractivity contribution in [3.63, 3.8) is 0 Å². The summed E-state index contributed by atoms with van der Waals surface area (Å²) in [5.74, 6) is 0. The fourth-order valence-electron chi connectivity index (χ4n) is 1.48. The lowest BCUT2D eigenvalue weighted by Gasteiger charge is -1.89. The fraction of sp³-hybridized carbons (Fsp3) is 0.333. The number of allylic oxidation sites excluding steroid dienone is 2. The first kappa shape index (κ1) is 20.0. The average molecular weight is 276 g/mol. The van der Waals surface area contributed by atoms with Gasteiger partial charge in [-0.15, -0.1) is 11.3 Å². The highest BCUT2D eigenvalue weighted by Gasteiger charge is 2.02. The van der Waals surface area contributed by atoms with Crippen molar-refractivity contribution < 1.29 is 0 Å². The molecule has 19 heavy (non-hydrogen) atoms. The minimum atomic E-state index is 1.20. The molecule has 0 bridgehead atoms. The van der Waals surface area contributed by atoms with Crippen LogP contribution < -0.4 is 9.75 Å². The molecule has 0 saturated heterocycles. The lowest BCUT2D eigenvalue weighted by atomic mass is 10.2. The van der Waals surface area contributed by atoms with Gasteiger partial charge in [0.15, 0.2) is 0 Å². The van der Waals surface area contributed by atoms with Crippen LogP contribution in [0.2, 0.25) is 0 Å². The van der Waals surface area contributed by atoms with Gasteiger partial charge in [-0.25, -0.2) is 0 Å². The van der Waals surface area contributed by atoms with Crippen molar-refractivity contribution in [1.82, 2.24) is 0 Å². The molecule has 1 heteroatoms. The summed E-state index contributed by atoms with van der Waals surface area (Å²) in [6, 6.07) is 0. The lowest BCUT2D eigenvalue weighted by molar-refractivity contribution is 1.50. The van der Waals surface area contributed by atoms with Gasteiger partial charge in [-0.2, -0.15) is 0 Å². The van der Waals surface area contributed by atoms with Gasteiger partial charge >= 0.3 is 0 Å². The van der Waals surface area contributed by atoms with Gasteiger partial charge in [-0.1, -0.05) is 71.2 Å². The second-order valence-corrected chi connectivity index (χ2v) is 4.14. The standard InChI is InChI=1S/C14H16S.2C2H6/c1-5-9-12-11(7-3)14(10-6-2)15-13(12)8-4;2*1-2/h5-10H,1,3H2,2,4H3;2*1-2H3/b10-6-,12-9-,13-8+;;. The van der Waals surface area contributed by atoms with Crippen LogP contribution in [-0.4, -0.2) is 0 Å². The molecule has 0 aliphatic rings. The van der Waals surface area contributed by atoms with E-state index in [2.05, 4.69) is 38.3 Å². The minimum Gasteiger partial charge on any atom is -0.136 e. The van der Waals surface area contributed by atoms with Gasteiger partial charge < -0.3 is 0 Å². The summed E-state index contributed by atoms with van der Waals surface area (Å²) in [6.07, 6.45) is 12.1. The molecular weight excluding hydrogens is 248 g/mol. The molecule has 1 aromatic rings. The monoisotopic (exact) mass is 276 g/mol. The Labute approximate surface area is 123 Å². The summed E-state index contributed by atoms with van der Waals surface area (Å²) in [4.78, 5) is 1.26. The van der Waals surface area contributed by atoms with Crippen molar-refractivity contribution in [2.75, 3.05) is 0 Å². The molecule has 1 rings (SSSR count). The highest BCUT2D eigenvalue weighted by atomic mass is 32.1. The van der Waals surface area contributed by atoms with Gasteiger partial charge in [-0.05, 0) is 30.7 Å². The highest BCUT2D eigenvalue weighted by Crippen LogP contribution is 2.11. The number of hydrogen-bond acceptors (Lipinski definition) is 1. The second-order valence-electron chi connectivity index (χ2n) is 3.05. The van der Waals surface area contributed by atoms with E-state index in [1.165, 1.54) is 20.2 Å². The van der Waals surface area contributed by atoms with E-state index in [1.54, 1.807) is 11.3 Å². The summed E-state index contributed by atoms with van der Waals surface area (Å²) in [5.41, 5.74) is 1.20. The van der Waals surface area contributed by atoms with Gasteiger partial charge in [0, 0.05) is 9.41 Å². The zero-order valence-electron chi connectivity index (χ0n) is 13.3. The summed E-state index contributed by atoms with van der Waals surface area (Å²) in [6.45, 7) is 19.7. The Kier molecular flexibility index (Phi) is 13.8. The van der Waals surface area contributed by atoms with E-state index >= 15 is 0 Å². The predicted octanol–water partition coefficient (Wildman–Crippen LogP) is 5.24. The lowest BCUT2D eigenvalue weighted by Crippen LogP contribution is -2.19. The first-order valence-corrected chi connectivity index (χ1v) is 7.77. The van der Waals surface area contributed by atoms with E-state index in [0.29, 0.717) is 0 Å². The summed E-state index contributed by atoms with van der Waals surface area (Å²) >= 11 is 1.78. The molecule has 0 nitrogen and oxygen atoms in total. The zero-order valence-corrected chi connectivity index (χ0v) is 14.1. The van der Waals surface area contributed by atoms with Crippen LogP contribution in [0.1, 0.15) is 52.0 Å². The minimum absolute atomic E-state index is 1.20. The third-order valence-electron chi connectivity index (χ3n) is 2.11. The number of hydrogen-bond donors (Lipinski definition) is 0. The van der Waals surface area contributed by atoms with E-state index in [-0.39, 0.29) is 0 Å². The van der Waals surface area contributed by atoms with Crippen molar-refractivity contribution in [3.8, 4) is 0 Å². The van der Waals surface area contributed by atoms with E-state index in [4.69, 9.17) is 0 Å². The van der Waals surface area contributed by atoms with Gasteiger partial charge in [0.05, 0.1) is 0 Å². The first-order chi connectivity index (χ1) is 9.28. The molecule has 1 heterocycles. The highest BCUT2D eigenvalue weighted by molar-refractivity contribution is 7.11. The van der Waals surface area contributed by atoms with E-state index in [0.717, 1.165) is 0 Å². The molecule has 0 saturated carbocycles. The summed E-state index contributed by atoms with van der Waals surface area (Å²) in [5, 5.41) is 1.22. The Balaban J connectivity index is 0. The maximum atomic E-state index is 3.87. The van der Waals surface area contributed by atoms with E-state index in [1.807, 2.05) is 52.8 Å². The van der Waals surface area contributed by atoms with Gasteiger partial charge in [-0.3, -0.25) is 0 Å². The molecule has 0 unspecified atom stereocenters. The van der Waals surface area contributed by atoms with Crippen LogP contribution in [-0.2, 0) is 0 Å². The van der Waals surface area contributed by atoms with Crippen molar-refractivity contribution in [2.45, 2.75) is 41.5 Å². The topological polar surface area (TPSA) is 0 Å². The fourth-order valence-corrected chi connectivity index (χ4v) is 2.63. The van der Waals surface area contributed by atoms with Gasteiger partial charge in [0.25, 0.3) is 0 Å². The van der Waals surface area contributed by atoms with Crippen LogP contribution in [0, 0.1) is 0 Å². The molecule has 0 atom stereocenters. The molecule has 0 aliphatic carbocycles. The van der Waals surface area contributed by atoms with E-state index in [9.17, 15) is 0 Å². The van der Waals surface area contributed by atoms with Crippen LogP contribution in [0.4, 0.5) is 0 Å². The molecule has 0 amide bonds. The molecule has 0 aromatic carbocycles. The van der Waals surface area contributed by atoms with Gasteiger partial charge in [0.2, 0.25) is 0 Å². The Morgan fingerprint density at radius 3 is 1.95 bits per heavy atom. The third kappa shape index (κ3) is 5.89. The maximum Gasteiger partial charge on any atom is 0.0351 e. The molecular formula is C18H28S. The van der Waals surface area contributed by atoms with Crippen molar-refractivity contribution in [1.29, 1.82) is 0 Å². The molecule has 106 valence electrons. The van der Waals surface area contributed by atoms with Crippen molar-refractivity contribution >= 4 is 35.6 Å². The first-order valence-electron chi connectivity index (χ1n) is 6.95. The third-order valence-corrected chi connectivity index (χ3v) is 3.36. The van der Waals surface area contributed by atoms with Crippen LogP contribution in [0.25, 0.3) is 24.3 Å². The van der Waals surface area contributed by atoms with Crippen LogP contribution in [0.3, 0.4) is 0 Å². The average Bonchev–Trinajstić information content (AvgIpc) is 2.81. The molecule has 0 N–H and O–H groups in total. The molecule has 0 spiro atoms.